The molecule has 98 valence electrons. The van der Waals surface area contributed by atoms with Gasteiger partial charge in [0.15, 0.2) is 0 Å². The first kappa shape index (κ1) is 14.1. The Morgan fingerprint density at radius 3 is 2.83 bits per heavy atom. The molecule has 0 saturated heterocycles. The number of carbonyl (C=O) groups is 2. The highest BCUT2D eigenvalue weighted by Crippen LogP contribution is 2.01. The minimum atomic E-state index is -1.14. The van der Waals surface area contributed by atoms with Crippen LogP contribution in [0.15, 0.2) is 18.3 Å². The Morgan fingerprint density at radius 2 is 2.22 bits per heavy atom. The molecule has 0 fully saturated rings. The van der Waals surface area contributed by atoms with Crippen LogP contribution in [0, 0.1) is 0 Å². The van der Waals surface area contributed by atoms with Crippen molar-refractivity contribution in [3.8, 4) is 0 Å². The maximum absolute atomic E-state index is 11.7. The van der Waals surface area contributed by atoms with Crippen LogP contribution in [0.25, 0.3) is 0 Å². The summed E-state index contributed by atoms with van der Waals surface area (Å²) in [5.74, 6) is -1.43. The van der Waals surface area contributed by atoms with Gasteiger partial charge in [-0.1, -0.05) is 6.92 Å². The Bertz CT molecular complexity index is 434. The molecule has 1 amide bonds. The SMILES string of the molecule is CCN(C)CCNC(=O)c1ccnc(C(=O)O)c1. The van der Waals surface area contributed by atoms with Crippen LogP contribution >= 0.6 is 0 Å². The van der Waals surface area contributed by atoms with Gasteiger partial charge >= 0.3 is 5.97 Å². The van der Waals surface area contributed by atoms with E-state index in [9.17, 15) is 9.59 Å². The van der Waals surface area contributed by atoms with E-state index in [-0.39, 0.29) is 11.6 Å². The molecule has 0 atom stereocenters. The maximum atomic E-state index is 11.7. The summed E-state index contributed by atoms with van der Waals surface area (Å²) in [5, 5.41) is 11.5. The molecule has 0 bridgehead atoms. The van der Waals surface area contributed by atoms with Gasteiger partial charge in [0.05, 0.1) is 0 Å². The lowest BCUT2D eigenvalue weighted by Crippen LogP contribution is -2.33. The number of nitrogens with one attached hydrogen (secondary N) is 1. The third-order valence-corrected chi connectivity index (χ3v) is 2.56. The van der Waals surface area contributed by atoms with Gasteiger partial charge in [0, 0.05) is 24.8 Å². The van der Waals surface area contributed by atoms with Crippen molar-refractivity contribution in [3.05, 3.63) is 29.6 Å². The number of carboxylic acid groups (broad SMARTS) is 1. The van der Waals surface area contributed by atoms with Crippen molar-refractivity contribution in [1.29, 1.82) is 0 Å². The van der Waals surface area contributed by atoms with Gasteiger partial charge in [-0.15, -0.1) is 0 Å². The Kier molecular flexibility index (Phi) is 5.26. The van der Waals surface area contributed by atoms with Gasteiger partial charge in [0.1, 0.15) is 5.69 Å². The molecule has 1 rings (SSSR count). The Balaban J connectivity index is 2.56. The number of amides is 1. The third kappa shape index (κ3) is 4.14. The quantitative estimate of drug-likeness (QED) is 0.767. The third-order valence-electron chi connectivity index (χ3n) is 2.56. The molecular weight excluding hydrogens is 234 g/mol. The summed E-state index contributed by atoms with van der Waals surface area (Å²) in [6.07, 6.45) is 1.32. The molecule has 1 heterocycles. The summed E-state index contributed by atoms with van der Waals surface area (Å²) in [4.78, 5) is 28.2. The average molecular weight is 251 g/mol. The molecule has 0 radical (unpaired) electrons. The summed E-state index contributed by atoms with van der Waals surface area (Å²) in [6.45, 7) is 4.21. The predicted octanol–water partition coefficient (Wildman–Crippen LogP) is 0.461. The number of aromatic carboxylic acids is 1. The lowest BCUT2D eigenvalue weighted by molar-refractivity contribution is 0.0690. The second kappa shape index (κ2) is 6.70. The highest BCUT2D eigenvalue weighted by Gasteiger charge is 2.10. The molecule has 6 heteroatoms. The summed E-state index contributed by atoms with van der Waals surface area (Å²) in [7, 11) is 1.96. The van der Waals surface area contributed by atoms with E-state index in [1.165, 1.54) is 18.3 Å². The standard InChI is InChI=1S/C12H17N3O3/c1-3-15(2)7-6-14-11(16)9-4-5-13-10(8-9)12(17)18/h4-5,8H,3,6-7H2,1-2H3,(H,14,16)(H,17,18). The minimum absolute atomic E-state index is 0.131. The number of pyridine rings is 1. The van der Waals surface area contributed by atoms with Crippen LogP contribution in [0.1, 0.15) is 27.8 Å². The van der Waals surface area contributed by atoms with E-state index in [4.69, 9.17) is 5.11 Å². The molecule has 2 N–H and O–H groups in total. The minimum Gasteiger partial charge on any atom is -0.477 e. The highest BCUT2D eigenvalue weighted by molar-refractivity contribution is 5.96. The maximum Gasteiger partial charge on any atom is 0.354 e. The molecule has 0 saturated carbocycles. The number of hydrogen-bond acceptors (Lipinski definition) is 4. The molecule has 18 heavy (non-hydrogen) atoms. The van der Waals surface area contributed by atoms with Gasteiger partial charge in [-0.2, -0.15) is 0 Å². The van der Waals surface area contributed by atoms with Crippen molar-refractivity contribution in [1.82, 2.24) is 15.2 Å². The van der Waals surface area contributed by atoms with Gasteiger partial charge < -0.3 is 15.3 Å². The largest absolute Gasteiger partial charge is 0.477 e. The van der Waals surface area contributed by atoms with Crippen LogP contribution in [0.4, 0.5) is 0 Å². The Labute approximate surface area is 106 Å². The van der Waals surface area contributed by atoms with Crippen LogP contribution < -0.4 is 5.32 Å². The molecule has 0 aliphatic heterocycles. The molecule has 6 nitrogen and oxygen atoms in total. The summed E-state index contributed by atoms with van der Waals surface area (Å²) < 4.78 is 0. The molecule has 0 spiro atoms. The number of likely N-dealkylation sites (N-methyl/N-ethyl adjacent to an activating group) is 1. The predicted molar refractivity (Wildman–Crippen MR) is 66.7 cm³/mol. The first-order valence-corrected chi connectivity index (χ1v) is 5.70. The van der Waals surface area contributed by atoms with Gasteiger partial charge in [-0.3, -0.25) is 4.79 Å². The summed E-state index contributed by atoms with van der Waals surface area (Å²) >= 11 is 0. The monoisotopic (exact) mass is 251 g/mol. The first-order chi connectivity index (χ1) is 8.54. The van der Waals surface area contributed by atoms with Gasteiger partial charge in [0.2, 0.25) is 0 Å². The van der Waals surface area contributed by atoms with Crippen molar-refractivity contribution < 1.29 is 14.7 Å². The van der Waals surface area contributed by atoms with E-state index in [1.54, 1.807) is 0 Å². The fourth-order valence-corrected chi connectivity index (χ4v) is 1.31. The van der Waals surface area contributed by atoms with Gasteiger partial charge in [0.25, 0.3) is 5.91 Å². The molecule has 0 aliphatic carbocycles. The zero-order valence-corrected chi connectivity index (χ0v) is 10.5. The zero-order valence-electron chi connectivity index (χ0n) is 10.5. The zero-order chi connectivity index (χ0) is 13.5. The molecular formula is C12H17N3O3. The van der Waals surface area contributed by atoms with E-state index in [1.807, 2.05) is 14.0 Å². The van der Waals surface area contributed by atoms with E-state index >= 15 is 0 Å². The number of aromatic nitrogens is 1. The summed E-state index contributed by atoms with van der Waals surface area (Å²) in [6, 6.07) is 2.76. The van der Waals surface area contributed by atoms with Crippen molar-refractivity contribution in [2.24, 2.45) is 0 Å². The fraction of sp³-hybridized carbons (Fsp3) is 0.417. The van der Waals surface area contributed by atoms with Crippen molar-refractivity contribution in [3.63, 3.8) is 0 Å². The van der Waals surface area contributed by atoms with E-state index in [2.05, 4.69) is 15.2 Å². The topological polar surface area (TPSA) is 82.5 Å². The number of carbonyl (C=O) groups excluding carboxylic acids is 1. The second-order valence-corrected chi connectivity index (χ2v) is 3.89. The average Bonchev–Trinajstić information content (AvgIpc) is 2.38. The second-order valence-electron chi connectivity index (χ2n) is 3.89. The smallest absolute Gasteiger partial charge is 0.354 e. The first-order valence-electron chi connectivity index (χ1n) is 5.70. The van der Waals surface area contributed by atoms with Crippen LogP contribution in [0.3, 0.4) is 0 Å². The molecule has 1 aromatic heterocycles. The number of hydrogen-bond donors (Lipinski definition) is 2. The Morgan fingerprint density at radius 1 is 1.50 bits per heavy atom. The van der Waals surface area contributed by atoms with Crippen LogP contribution in [0.5, 0.6) is 0 Å². The highest BCUT2D eigenvalue weighted by atomic mass is 16.4. The van der Waals surface area contributed by atoms with Crippen molar-refractivity contribution in [2.75, 3.05) is 26.7 Å². The van der Waals surface area contributed by atoms with Crippen LogP contribution in [0.2, 0.25) is 0 Å². The van der Waals surface area contributed by atoms with Crippen molar-refractivity contribution in [2.45, 2.75) is 6.92 Å². The van der Waals surface area contributed by atoms with Crippen LogP contribution in [-0.2, 0) is 0 Å². The molecule has 1 aromatic rings. The van der Waals surface area contributed by atoms with Crippen molar-refractivity contribution >= 4 is 11.9 Å². The van der Waals surface area contributed by atoms with E-state index in [0.717, 1.165) is 13.1 Å². The number of carboxylic acids is 1. The normalized spacial score (nSPS) is 10.4. The molecule has 0 aliphatic rings. The van der Waals surface area contributed by atoms with Gasteiger partial charge in [-0.25, -0.2) is 9.78 Å². The molecule has 0 aromatic carbocycles. The lowest BCUT2D eigenvalue weighted by atomic mass is 10.2. The number of rotatable bonds is 6. The van der Waals surface area contributed by atoms with E-state index < -0.39 is 5.97 Å². The van der Waals surface area contributed by atoms with Crippen LogP contribution in [-0.4, -0.2) is 53.5 Å². The lowest BCUT2D eigenvalue weighted by Gasteiger charge is -2.13. The fourth-order valence-electron chi connectivity index (χ4n) is 1.31. The Hall–Kier alpha value is -1.95. The summed E-state index contributed by atoms with van der Waals surface area (Å²) in [5.41, 5.74) is 0.176. The van der Waals surface area contributed by atoms with Gasteiger partial charge in [-0.05, 0) is 25.7 Å². The molecule has 0 unspecified atom stereocenters. The van der Waals surface area contributed by atoms with E-state index in [0.29, 0.717) is 12.1 Å². The number of nitrogens with zero attached hydrogens (tertiary/aromatic N) is 2.